The van der Waals surface area contributed by atoms with Crippen LogP contribution in [-0.4, -0.2) is 53.6 Å². The number of hydrogen-bond donors (Lipinski definition) is 2. The third kappa shape index (κ3) is 4.61. The zero-order valence-electron chi connectivity index (χ0n) is 19.4. The summed E-state index contributed by atoms with van der Waals surface area (Å²) in [6, 6.07) is 6.06. The van der Waals surface area contributed by atoms with E-state index in [4.69, 9.17) is 11.6 Å². The van der Waals surface area contributed by atoms with Gasteiger partial charge < -0.3 is 20.2 Å². The topological polar surface area (TPSA) is 72.9 Å². The fourth-order valence-electron chi connectivity index (χ4n) is 6.56. The van der Waals surface area contributed by atoms with Crippen molar-refractivity contribution in [2.24, 2.45) is 11.3 Å². The highest BCUT2D eigenvalue weighted by Gasteiger charge is 2.50. The normalized spacial score (nSPS) is 30.9. The van der Waals surface area contributed by atoms with E-state index < -0.39 is 0 Å². The molecule has 2 saturated heterocycles. The fraction of sp³-hybridized carbons (Fsp3) is 0.692. The summed E-state index contributed by atoms with van der Waals surface area (Å²) in [6.45, 7) is 2.41. The number of carbonyl (C=O) groups excluding carboxylic acids is 2. The third-order valence-electron chi connectivity index (χ3n) is 8.51. The van der Waals surface area contributed by atoms with E-state index in [0.717, 1.165) is 95.1 Å². The number of aliphatic hydroxyl groups is 1. The molecule has 4 fully saturated rings. The molecule has 0 bridgehead atoms. The van der Waals surface area contributed by atoms with Crippen molar-refractivity contribution in [2.75, 3.05) is 29.9 Å². The van der Waals surface area contributed by atoms with Crippen molar-refractivity contribution in [3.8, 4) is 0 Å². The van der Waals surface area contributed by atoms with Crippen LogP contribution in [0, 0.1) is 11.3 Å². The molecule has 2 aliphatic carbocycles. The van der Waals surface area contributed by atoms with Crippen LogP contribution in [-0.2, 0) is 9.59 Å². The number of likely N-dealkylation sites (tertiary alicyclic amines) is 1. The maximum absolute atomic E-state index is 13.6. The lowest BCUT2D eigenvalue weighted by molar-refractivity contribution is -0.139. The molecule has 2 heterocycles. The number of piperidine rings is 1. The van der Waals surface area contributed by atoms with Crippen molar-refractivity contribution in [1.82, 2.24) is 4.90 Å². The largest absolute Gasteiger partial charge is 0.393 e. The zero-order valence-corrected chi connectivity index (χ0v) is 20.2. The van der Waals surface area contributed by atoms with E-state index in [0.29, 0.717) is 17.5 Å². The molecule has 7 heteroatoms. The molecular weight excluding hydrogens is 438 g/mol. The highest BCUT2D eigenvalue weighted by molar-refractivity contribution is 6.33. The summed E-state index contributed by atoms with van der Waals surface area (Å²) in [5.41, 5.74) is 1.36. The molecule has 0 aromatic heterocycles. The standard InChI is InChI=1S/C26H36ClN3O3/c27-22-16-19(28-24(32)18-4-1-2-5-18)6-11-23(22)29-14-3-12-26(17-29)13-15-30(25(26)33)20-7-9-21(31)10-8-20/h6,11,16,18,20-21,31H,1-5,7-10,12-15,17H2,(H,28,32)/t20?,21?,26-/m1/s1. The number of halogens is 1. The van der Waals surface area contributed by atoms with Crippen molar-refractivity contribution in [3.05, 3.63) is 23.2 Å². The number of rotatable bonds is 4. The second kappa shape index (κ2) is 9.46. The molecule has 2 N–H and O–H groups in total. The number of aliphatic hydroxyl groups excluding tert-OH is 1. The number of benzene rings is 1. The lowest BCUT2D eigenvalue weighted by atomic mass is 9.78. The van der Waals surface area contributed by atoms with Gasteiger partial charge in [0.15, 0.2) is 0 Å². The van der Waals surface area contributed by atoms with E-state index in [2.05, 4.69) is 15.1 Å². The van der Waals surface area contributed by atoms with Gasteiger partial charge in [0.25, 0.3) is 0 Å². The molecule has 1 atom stereocenters. The van der Waals surface area contributed by atoms with Gasteiger partial charge in [0.2, 0.25) is 11.8 Å². The Balaban J connectivity index is 1.26. The molecule has 0 unspecified atom stereocenters. The summed E-state index contributed by atoms with van der Waals surface area (Å²) in [5, 5.41) is 13.5. The van der Waals surface area contributed by atoms with Gasteiger partial charge in [0.1, 0.15) is 0 Å². The molecule has 0 radical (unpaired) electrons. The molecule has 1 aromatic carbocycles. The van der Waals surface area contributed by atoms with Crippen molar-refractivity contribution in [1.29, 1.82) is 0 Å². The molecule has 1 spiro atoms. The van der Waals surface area contributed by atoms with Gasteiger partial charge in [-0.2, -0.15) is 0 Å². The molecular formula is C26H36ClN3O3. The lowest BCUT2D eigenvalue weighted by Crippen LogP contribution is -2.50. The van der Waals surface area contributed by atoms with Gasteiger partial charge >= 0.3 is 0 Å². The Morgan fingerprint density at radius 3 is 2.52 bits per heavy atom. The molecule has 4 aliphatic rings. The Hall–Kier alpha value is -1.79. The summed E-state index contributed by atoms with van der Waals surface area (Å²) in [7, 11) is 0. The molecule has 1 aromatic rings. The summed E-state index contributed by atoms with van der Waals surface area (Å²) in [5.74, 6) is 0.513. The zero-order chi connectivity index (χ0) is 23.0. The number of nitrogens with one attached hydrogen (secondary N) is 1. The van der Waals surface area contributed by atoms with E-state index in [1.165, 1.54) is 0 Å². The Morgan fingerprint density at radius 2 is 1.79 bits per heavy atom. The lowest BCUT2D eigenvalue weighted by Gasteiger charge is -2.41. The quantitative estimate of drug-likeness (QED) is 0.670. The highest BCUT2D eigenvalue weighted by Crippen LogP contribution is 2.44. The molecule has 2 amide bonds. The van der Waals surface area contributed by atoms with Gasteiger partial charge in [-0.15, -0.1) is 0 Å². The van der Waals surface area contributed by atoms with Crippen LogP contribution in [0.25, 0.3) is 0 Å². The highest BCUT2D eigenvalue weighted by atomic mass is 35.5. The van der Waals surface area contributed by atoms with Gasteiger partial charge in [-0.25, -0.2) is 0 Å². The average molecular weight is 474 g/mol. The number of anilines is 2. The smallest absolute Gasteiger partial charge is 0.230 e. The van der Waals surface area contributed by atoms with Crippen LogP contribution in [0.4, 0.5) is 11.4 Å². The Labute approximate surface area is 201 Å². The minimum Gasteiger partial charge on any atom is -0.393 e. The van der Waals surface area contributed by atoms with Gasteiger partial charge in [-0.05, 0) is 76.0 Å². The van der Waals surface area contributed by atoms with E-state index >= 15 is 0 Å². The van der Waals surface area contributed by atoms with Crippen molar-refractivity contribution < 1.29 is 14.7 Å². The fourth-order valence-corrected chi connectivity index (χ4v) is 6.86. The maximum Gasteiger partial charge on any atom is 0.230 e. The first-order valence-corrected chi connectivity index (χ1v) is 13.2. The number of hydrogen-bond acceptors (Lipinski definition) is 4. The minimum absolute atomic E-state index is 0.0973. The molecule has 2 saturated carbocycles. The van der Waals surface area contributed by atoms with E-state index in [1.54, 1.807) is 0 Å². The first-order chi connectivity index (χ1) is 15.9. The second-order valence-corrected chi connectivity index (χ2v) is 11.1. The monoisotopic (exact) mass is 473 g/mol. The predicted molar refractivity (Wildman–Crippen MR) is 131 cm³/mol. The van der Waals surface area contributed by atoms with Gasteiger partial charge in [-0.1, -0.05) is 24.4 Å². The maximum atomic E-state index is 13.6. The van der Waals surface area contributed by atoms with Crippen LogP contribution in [0.3, 0.4) is 0 Å². The minimum atomic E-state index is -0.326. The Kier molecular flexibility index (Phi) is 6.58. The van der Waals surface area contributed by atoms with Crippen LogP contribution in [0.5, 0.6) is 0 Å². The number of carbonyl (C=O) groups is 2. The number of amides is 2. The first-order valence-electron chi connectivity index (χ1n) is 12.8. The third-order valence-corrected chi connectivity index (χ3v) is 8.81. The van der Waals surface area contributed by atoms with Crippen LogP contribution in [0.1, 0.15) is 70.6 Å². The van der Waals surface area contributed by atoms with Crippen LogP contribution < -0.4 is 10.2 Å². The van der Waals surface area contributed by atoms with E-state index in [-0.39, 0.29) is 29.4 Å². The summed E-state index contributed by atoms with van der Waals surface area (Å²) in [4.78, 5) is 30.4. The van der Waals surface area contributed by atoms with E-state index in [9.17, 15) is 14.7 Å². The molecule has 6 nitrogen and oxygen atoms in total. The molecule has 180 valence electrons. The SMILES string of the molecule is O=C(Nc1ccc(N2CCC[C@@]3(CCN(C4CCC(O)CC4)C3=O)C2)c(Cl)c1)C1CCCC1. The van der Waals surface area contributed by atoms with E-state index in [1.807, 2.05) is 18.2 Å². The Morgan fingerprint density at radius 1 is 1.03 bits per heavy atom. The predicted octanol–water partition coefficient (Wildman–Crippen LogP) is 4.59. The average Bonchev–Trinajstić information content (AvgIpc) is 3.45. The number of nitrogens with zero attached hydrogens (tertiary/aromatic N) is 2. The van der Waals surface area contributed by atoms with Crippen molar-refractivity contribution >= 4 is 34.8 Å². The van der Waals surface area contributed by atoms with Crippen molar-refractivity contribution in [3.63, 3.8) is 0 Å². The van der Waals surface area contributed by atoms with Gasteiger partial charge in [0, 0.05) is 37.3 Å². The summed E-state index contributed by atoms with van der Waals surface area (Å²) >= 11 is 6.69. The summed E-state index contributed by atoms with van der Waals surface area (Å²) < 4.78 is 0. The molecule has 5 rings (SSSR count). The summed E-state index contributed by atoms with van der Waals surface area (Å²) in [6.07, 6.45) is 10.2. The molecule has 2 aliphatic heterocycles. The van der Waals surface area contributed by atoms with Gasteiger partial charge in [-0.3, -0.25) is 9.59 Å². The van der Waals surface area contributed by atoms with Crippen LogP contribution in [0.2, 0.25) is 5.02 Å². The second-order valence-electron chi connectivity index (χ2n) is 10.7. The molecule has 33 heavy (non-hydrogen) atoms. The van der Waals surface area contributed by atoms with Gasteiger partial charge in [0.05, 0.1) is 22.2 Å². The Bertz CT molecular complexity index is 895. The van der Waals surface area contributed by atoms with Crippen LogP contribution in [0.15, 0.2) is 18.2 Å². The first kappa shape index (κ1) is 23.0. The van der Waals surface area contributed by atoms with Crippen molar-refractivity contribution in [2.45, 2.75) is 82.8 Å². The van der Waals surface area contributed by atoms with Crippen LogP contribution >= 0.6 is 11.6 Å².